The molecule has 1 aliphatic rings. The molecule has 0 bridgehead atoms. The molecule has 2 N–H and O–H groups in total. The summed E-state index contributed by atoms with van der Waals surface area (Å²) in [4.78, 5) is 1.89. The van der Waals surface area contributed by atoms with Crippen LogP contribution in [0.25, 0.3) is 0 Å². The molecule has 1 fully saturated rings. The molecular weight excluding hydrogens is 219 g/mol. The number of benzene rings is 1. The molecule has 1 heterocycles. The average Bonchev–Trinajstić information content (AvgIpc) is 2.30. The summed E-state index contributed by atoms with van der Waals surface area (Å²) in [5, 5.41) is 0. The van der Waals surface area contributed by atoms with Crippen LogP contribution in [0.2, 0.25) is 0 Å². The van der Waals surface area contributed by atoms with Crippen molar-refractivity contribution in [2.24, 2.45) is 0 Å². The maximum atomic E-state index is 13.7. The number of halogens is 1. The summed E-state index contributed by atoms with van der Waals surface area (Å²) in [5.41, 5.74) is 6.56. The highest BCUT2D eigenvalue weighted by atomic mass is 19.1. The molecule has 0 amide bonds. The second-order valence-electron chi connectivity index (χ2n) is 4.58. The smallest absolute Gasteiger partial charge is 0.148 e. The number of ether oxygens (including phenoxy) is 1. The van der Waals surface area contributed by atoms with Gasteiger partial charge in [-0.25, -0.2) is 4.39 Å². The monoisotopic (exact) mass is 238 g/mol. The zero-order valence-corrected chi connectivity index (χ0v) is 10.2. The van der Waals surface area contributed by atoms with Crippen molar-refractivity contribution in [2.75, 3.05) is 30.8 Å². The number of hydrogen-bond acceptors (Lipinski definition) is 3. The summed E-state index contributed by atoms with van der Waals surface area (Å²) >= 11 is 0. The first-order valence-corrected chi connectivity index (χ1v) is 6.04. The highest BCUT2D eigenvalue weighted by Gasteiger charge is 2.17. The minimum Gasteiger partial charge on any atom is -0.399 e. The van der Waals surface area contributed by atoms with Crippen molar-refractivity contribution >= 4 is 11.4 Å². The Hall–Kier alpha value is -1.29. The topological polar surface area (TPSA) is 38.5 Å². The standard InChI is InChI=1S/C13H19FN2O/c1-16(9-11-4-2-3-7-17-11)13-6-5-10(15)8-12(13)14/h5-6,8,11H,2-4,7,9,15H2,1H3. The molecule has 0 aliphatic carbocycles. The summed E-state index contributed by atoms with van der Waals surface area (Å²) in [6.07, 6.45) is 3.60. The molecule has 4 heteroatoms. The minimum atomic E-state index is -0.275. The van der Waals surface area contributed by atoms with E-state index in [9.17, 15) is 4.39 Å². The van der Waals surface area contributed by atoms with Gasteiger partial charge in [-0.3, -0.25) is 0 Å². The van der Waals surface area contributed by atoms with Crippen LogP contribution in [0.4, 0.5) is 15.8 Å². The van der Waals surface area contributed by atoms with Crippen LogP contribution in [-0.4, -0.2) is 26.3 Å². The molecular formula is C13H19FN2O. The molecule has 17 heavy (non-hydrogen) atoms. The van der Waals surface area contributed by atoms with E-state index in [0.29, 0.717) is 11.4 Å². The number of nitrogens with two attached hydrogens (primary N) is 1. The fourth-order valence-corrected chi connectivity index (χ4v) is 2.19. The second-order valence-corrected chi connectivity index (χ2v) is 4.58. The van der Waals surface area contributed by atoms with Gasteiger partial charge in [0.2, 0.25) is 0 Å². The molecule has 0 radical (unpaired) electrons. The largest absolute Gasteiger partial charge is 0.399 e. The van der Waals surface area contributed by atoms with Crippen molar-refractivity contribution in [1.29, 1.82) is 0 Å². The van der Waals surface area contributed by atoms with Crippen LogP contribution in [0.3, 0.4) is 0 Å². The lowest BCUT2D eigenvalue weighted by atomic mass is 10.1. The first kappa shape index (κ1) is 12.2. The summed E-state index contributed by atoms with van der Waals surface area (Å²) < 4.78 is 19.3. The van der Waals surface area contributed by atoms with Crippen LogP contribution in [0.1, 0.15) is 19.3 Å². The maximum absolute atomic E-state index is 13.7. The quantitative estimate of drug-likeness (QED) is 0.822. The molecule has 1 aromatic rings. The van der Waals surface area contributed by atoms with E-state index in [0.717, 1.165) is 26.0 Å². The molecule has 0 saturated carbocycles. The fourth-order valence-electron chi connectivity index (χ4n) is 2.19. The van der Waals surface area contributed by atoms with Gasteiger partial charge in [-0.05, 0) is 37.5 Å². The number of rotatable bonds is 3. The summed E-state index contributed by atoms with van der Waals surface area (Å²) in [6, 6.07) is 4.79. The Morgan fingerprint density at radius 3 is 2.94 bits per heavy atom. The lowest BCUT2D eigenvalue weighted by Crippen LogP contribution is -2.33. The van der Waals surface area contributed by atoms with E-state index in [1.54, 1.807) is 12.1 Å². The first-order chi connectivity index (χ1) is 8.16. The minimum absolute atomic E-state index is 0.214. The van der Waals surface area contributed by atoms with E-state index in [2.05, 4.69) is 0 Å². The van der Waals surface area contributed by atoms with Crippen LogP contribution in [0.15, 0.2) is 18.2 Å². The Bertz CT molecular complexity index is 378. The molecule has 1 atom stereocenters. The summed E-state index contributed by atoms with van der Waals surface area (Å²) in [7, 11) is 1.88. The van der Waals surface area contributed by atoms with Crippen molar-refractivity contribution in [3.05, 3.63) is 24.0 Å². The molecule has 1 aromatic carbocycles. The van der Waals surface area contributed by atoms with Crippen molar-refractivity contribution in [2.45, 2.75) is 25.4 Å². The van der Waals surface area contributed by atoms with Gasteiger partial charge in [-0.1, -0.05) is 0 Å². The van der Waals surface area contributed by atoms with Crippen molar-refractivity contribution < 1.29 is 9.13 Å². The first-order valence-electron chi connectivity index (χ1n) is 6.04. The van der Waals surface area contributed by atoms with Gasteiger partial charge in [-0.2, -0.15) is 0 Å². The second kappa shape index (κ2) is 5.36. The molecule has 1 saturated heterocycles. The number of likely N-dealkylation sites (N-methyl/N-ethyl adjacent to an activating group) is 1. The Morgan fingerprint density at radius 1 is 1.47 bits per heavy atom. The Kier molecular flexibility index (Phi) is 3.84. The number of hydrogen-bond donors (Lipinski definition) is 1. The molecule has 0 spiro atoms. The molecule has 0 aromatic heterocycles. The van der Waals surface area contributed by atoms with Crippen LogP contribution in [0, 0.1) is 5.82 Å². The predicted molar refractivity (Wildman–Crippen MR) is 67.7 cm³/mol. The number of anilines is 2. The summed E-state index contributed by atoms with van der Waals surface area (Å²) in [6.45, 7) is 1.55. The van der Waals surface area contributed by atoms with Crippen LogP contribution >= 0.6 is 0 Å². The maximum Gasteiger partial charge on any atom is 0.148 e. The summed E-state index contributed by atoms with van der Waals surface area (Å²) in [5.74, 6) is -0.275. The van der Waals surface area contributed by atoms with Crippen LogP contribution in [0.5, 0.6) is 0 Å². The van der Waals surface area contributed by atoms with Gasteiger partial charge in [0.05, 0.1) is 11.8 Å². The Labute approximate surface area is 101 Å². The van der Waals surface area contributed by atoms with E-state index in [1.165, 1.54) is 12.5 Å². The van der Waals surface area contributed by atoms with Crippen LogP contribution in [-0.2, 0) is 4.74 Å². The van der Waals surface area contributed by atoms with Crippen LogP contribution < -0.4 is 10.6 Å². The Morgan fingerprint density at radius 2 is 2.29 bits per heavy atom. The lowest BCUT2D eigenvalue weighted by molar-refractivity contribution is 0.0215. The highest BCUT2D eigenvalue weighted by Crippen LogP contribution is 2.22. The molecule has 2 rings (SSSR count). The van der Waals surface area contributed by atoms with Gasteiger partial charge in [-0.15, -0.1) is 0 Å². The third kappa shape index (κ3) is 3.09. The van der Waals surface area contributed by atoms with Crippen molar-refractivity contribution in [3.63, 3.8) is 0 Å². The van der Waals surface area contributed by atoms with Gasteiger partial charge >= 0.3 is 0 Å². The van der Waals surface area contributed by atoms with E-state index < -0.39 is 0 Å². The number of nitrogens with zero attached hydrogens (tertiary/aromatic N) is 1. The van der Waals surface area contributed by atoms with E-state index >= 15 is 0 Å². The van der Waals surface area contributed by atoms with Gasteiger partial charge in [0.25, 0.3) is 0 Å². The van der Waals surface area contributed by atoms with E-state index in [1.807, 2.05) is 11.9 Å². The molecule has 94 valence electrons. The average molecular weight is 238 g/mol. The zero-order valence-electron chi connectivity index (χ0n) is 10.2. The highest BCUT2D eigenvalue weighted by molar-refractivity contribution is 5.54. The van der Waals surface area contributed by atoms with Gasteiger partial charge in [0.15, 0.2) is 0 Å². The van der Waals surface area contributed by atoms with Crippen molar-refractivity contribution in [3.8, 4) is 0 Å². The van der Waals surface area contributed by atoms with E-state index in [-0.39, 0.29) is 11.9 Å². The third-order valence-corrected chi connectivity index (χ3v) is 3.13. The molecule has 1 aliphatic heterocycles. The van der Waals surface area contributed by atoms with Gasteiger partial charge in [0.1, 0.15) is 5.82 Å². The molecule has 1 unspecified atom stereocenters. The fraction of sp³-hybridized carbons (Fsp3) is 0.538. The predicted octanol–water partition coefficient (Wildman–Crippen LogP) is 2.41. The Balaban J connectivity index is 2.00. The zero-order chi connectivity index (χ0) is 12.3. The van der Waals surface area contributed by atoms with Crippen molar-refractivity contribution in [1.82, 2.24) is 0 Å². The normalized spacial score (nSPS) is 20.2. The van der Waals surface area contributed by atoms with Gasteiger partial charge < -0.3 is 15.4 Å². The third-order valence-electron chi connectivity index (χ3n) is 3.13. The SMILES string of the molecule is CN(CC1CCCCO1)c1ccc(N)cc1F. The molecule has 3 nitrogen and oxygen atoms in total. The van der Waals surface area contributed by atoms with Gasteiger partial charge in [0, 0.05) is 25.9 Å². The lowest BCUT2D eigenvalue weighted by Gasteiger charge is -2.28. The van der Waals surface area contributed by atoms with E-state index in [4.69, 9.17) is 10.5 Å². The number of nitrogen functional groups attached to an aromatic ring is 1.